The zero-order valence-electron chi connectivity index (χ0n) is 25.2. The number of carbonyl (C=O) groups is 3. The van der Waals surface area contributed by atoms with Gasteiger partial charge >= 0.3 is 0 Å². The minimum Gasteiger partial charge on any atom is -0.468 e. The van der Waals surface area contributed by atoms with Crippen LogP contribution in [0.3, 0.4) is 0 Å². The van der Waals surface area contributed by atoms with Gasteiger partial charge in [-0.05, 0) is 104 Å². The first-order valence-electron chi connectivity index (χ1n) is 14.8. The molecule has 6 unspecified atom stereocenters. The molecule has 0 aromatic carbocycles. The molecule has 10 nitrogen and oxygen atoms in total. The first-order chi connectivity index (χ1) is 19.1. The van der Waals surface area contributed by atoms with E-state index in [2.05, 4.69) is 45.8 Å². The van der Waals surface area contributed by atoms with Gasteiger partial charge in [0.15, 0.2) is 0 Å². The first kappa shape index (κ1) is 33.7. The van der Waals surface area contributed by atoms with Crippen LogP contribution < -0.4 is 5.32 Å². The molecule has 0 spiro atoms. The van der Waals surface area contributed by atoms with Crippen molar-refractivity contribution in [3.63, 3.8) is 0 Å². The highest BCUT2D eigenvalue weighted by atomic mass is 16.5. The molecule has 1 N–H and O–H groups in total. The van der Waals surface area contributed by atoms with Crippen LogP contribution in [0.15, 0.2) is 0 Å². The molecule has 10 heteroatoms. The summed E-state index contributed by atoms with van der Waals surface area (Å²) < 4.78 is 4.15. The third-order valence-electron chi connectivity index (χ3n) is 9.08. The van der Waals surface area contributed by atoms with Crippen LogP contribution in [0.5, 0.6) is 0 Å². The lowest BCUT2D eigenvalue weighted by atomic mass is 9.58. The highest BCUT2D eigenvalue weighted by Gasteiger charge is 2.51. The monoisotopic (exact) mass is 558 g/mol. The quantitative estimate of drug-likeness (QED) is 0.447. The smallest absolute Gasteiger partial charge is 0.293 e. The number of rotatable bonds is 8. The highest BCUT2D eigenvalue weighted by Crippen LogP contribution is 2.50. The SMILES string of the molecule is CC1CC2CC(NCC=O)(C1)CC(C)(N(C)CC(=O)N1CCCC1C#N)C2.CCOC=O.CN1CCCC1C#N. The van der Waals surface area contributed by atoms with Crippen LogP contribution in [0.2, 0.25) is 0 Å². The lowest BCUT2D eigenvalue weighted by Gasteiger charge is -2.57. The van der Waals surface area contributed by atoms with Crippen molar-refractivity contribution >= 4 is 18.7 Å². The van der Waals surface area contributed by atoms with E-state index in [1.807, 2.05) is 14.1 Å². The van der Waals surface area contributed by atoms with E-state index in [-0.39, 0.29) is 29.1 Å². The van der Waals surface area contributed by atoms with Crippen molar-refractivity contribution in [3.05, 3.63) is 0 Å². The maximum atomic E-state index is 12.8. The molecule has 224 valence electrons. The zero-order chi connectivity index (χ0) is 29.8. The van der Waals surface area contributed by atoms with E-state index in [0.717, 1.165) is 57.8 Å². The van der Waals surface area contributed by atoms with Crippen molar-refractivity contribution in [1.29, 1.82) is 10.5 Å². The van der Waals surface area contributed by atoms with Gasteiger partial charge in [0.25, 0.3) is 6.47 Å². The third-order valence-corrected chi connectivity index (χ3v) is 9.08. The van der Waals surface area contributed by atoms with Crippen LogP contribution in [-0.2, 0) is 19.1 Å². The van der Waals surface area contributed by atoms with Crippen LogP contribution >= 0.6 is 0 Å². The standard InChI is InChI=1S/C21H34N4O2.C6H10N2.C3H6O2/c1-16-9-17-11-20(2,15-21(10-16,12-17)23-6-8-26)24(3)14-19(27)25-7-4-5-18(25)13-22;1-8-4-2-3-6(8)5-7;1-2-5-3-4/h8,16-18,23H,4-7,9-12,14-15H2,1-3H3;6H,2-4H2,1H3;3H,2H2,1H3. The molecule has 4 fully saturated rings. The van der Waals surface area contributed by atoms with Gasteiger partial charge in [0, 0.05) is 17.6 Å². The van der Waals surface area contributed by atoms with E-state index in [1.54, 1.807) is 11.8 Å². The van der Waals surface area contributed by atoms with E-state index in [1.165, 1.54) is 12.8 Å². The highest BCUT2D eigenvalue weighted by molar-refractivity contribution is 5.79. The molecule has 0 radical (unpaired) electrons. The van der Waals surface area contributed by atoms with Crippen molar-refractivity contribution < 1.29 is 19.1 Å². The molecule has 1 amide bonds. The summed E-state index contributed by atoms with van der Waals surface area (Å²) >= 11 is 0. The third kappa shape index (κ3) is 9.26. The van der Waals surface area contributed by atoms with Crippen molar-refractivity contribution in [3.8, 4) is 12.1 Å². The second kappa shape index (κ2) is 16.0. The molecule has 2 aliphatic carbocycles. The summed E-state index contributed by atoms with van der Waals surface area (Å²) in [6, 6.07) is 4.45. The summed E-state index contributed by atoms with van der Waals surface area (Å²) in [4.78, 5) is 39.1. The van der Waals surface area contributed by atoms with Gasteiger partial charge in [0.05, 0.1) is 37.9 Å². The molecular formula is C30H50N6O4. The number of aldehydes is 1. The number of nitrogens with zero attached hydrogens (tertiary/aromatic N) is 5. The predicted octanol–water partition coefficient (Wildman–Crippen LogP) is 2.73. The number of hydrogen-bond donors (Lipinski definition) is 1. The van der Waals surface area contributed by atoms with Crippen LogP contribution in [-0.4, -0.2) is 103 Å². The van der Waals surface area contributed by atoms with Gasteiger partial charge in [-0.3, -0.25) is 19.4 Å². The molecule has 0 aromatic heterocycles. The maximum absolute atomic E-state index is 12.8. The Balaban J connectivity index is 0.000000355. The number of ether oxygens (including phenoxy) is 1. The number of nitrogens with one attached hydrogen (secondary N) is 1. The van der Waals surface area contributed by atoms with Gasteiger partial charge in [-0.1, -0.05) is 6.92 Å². The molecule has 2 saturated carbocycles. The number of fused-ring (bicyclic) bond motifs is 2. The van der Waals surface area contributed by atoms with Gasteiger partial charge in [0.2, 0.25) is 5.91 Å². The minimum absolute atomic E-state index is 0.00359. The maximum Gasteiger partial charge on any atom is 0.293 e. The molecule has 2 heterocycles. The van der Waals surface area contributed by atoms with Crippen molar-refractivity contribution in [2.24, 2.45) is 11.8 Å². The first-order valence-corrected chi connectivity index (χ1v) is 14.8. The zero-order valence-corrected chi connectivity index (χ0v) is 25.2. The fourth-order valence-electron chi connectivity index (χ4n) is 7.34. The van der Waals surface area contributed by atoms with Gasteiger partial charge in [0.1, 0.15) is 12.3 Å². The molecule has 2 saturated heterocycles. The molecule has 6 atom stereocenters. The number of nitriles is 2. The summed E-state index contributed by atoms with van der Waals surface area (Å²) in [5.41, 5.74) is -0.0765. The average Bonchev–Trinajstić information content (AvgIpc) is 3.56. The Morgan fingerprint density at radius 2 is 1.80 bits per heavy atom. The van der Waals surface area contributed by atoms with E-state index in [0.29, 0.717) is 44.5 Å². The molecule has 2 bridgehead atoms. The fourth-order valence-corrected chi connectivity index (χ4v) is 7.34. The number of likely N-dealkylation sites (N-methyl/N-ethyl adjacent to an activating group) is 1. The van der Waals surface area contributed by atoms with E-state index >= 15 is 0 Å². The predicted molar refractivity (Wildman–Crippen MR) is 153 cm³/mol. The number of hydrogen-bond acceptors (Lipinski definition) is 9. The number of likely N-dealkylation sites (tertiary alicyclic amines) is 2. The Labute approximate surface area is 241 Å². The number of carbonyl (C=O) groups excluding carboxylic acids is 3. The summed E-state index contributed by atoms with van der Waals surface area (Å²) in [6.07, 6.45) is 10.4. The Kier molecular flexibility index (Phi) is 13.5. The van der Waals surface area contributed by atoms with Crippen LogP contribution in [0.4, 0.5) is 0 Å². The minimum atomic E-state index is -0.258. The van der Waals surface area contributed by atoms with Crippen LogP contribution in [0.25, 0.3) is 0 Å². The Hall–Kier alpha value is -2.53. The molecule has 4 rings (SSSR count). The summed E-state index contributed by atoms with van der Waals surface area (Å²) in [5, 5.41) is 21.3. The summed E-state index contributed by atoms with van der Waals surface area (Å²) in [5.74, 6) is 1.37. The number of amides is 1. The average molecular weight is 559 g/mol. The molecule has 0 aromatic rings. The molecule has 40 heavy (non-hydrogen) atoms. The van der Waals surface area contributed by atoms with Crippen LogP contribution in [0.1, 0.15) is 78.6 Å². The van der Waals surface area contributed by atoms with Gasteiger partial charge in [-0.15, -0.1) is 0 Å². The fraction of sp³-hybridized carbons (Fsp3) is 0.833. The normalized spacial score (nSPS) is 33.0. The van der Waals surface area contributed by atoms with Gasteiger partial charge < -0.3 is 19.7 Å². The van der Waals surface area contributed by atoms with Crippen molar-refractivity contribution in [2.45, 2.75) is 102 Å². The topological polar surface area (TPSA) is 130 Å². The largest absolute Gasteiger partial charge is 0.468 e. The Morgan fingerprint density at radius 1 is 1.12 bits per heavy atom. The molecule has 4 aliphatic rings. The lowest BCUT2D eigenvalue weighted by molar-refractivity contribution is -0.135. The van der Waals surface area contributed by atoms with Crippen molar-refractivity contribution in [2.75, 3.05) is 46.9 Å². The van der Waals surface area contributed by atoms with Gasteiger partial charge in [-0.2, -0.15) is 10.5 Å². The van der Waals surface area contributed by atoms with E-state index in [4.69, 9.17) is 5.26 Å². The summed E-state index contributed by atoms with van der Waals surface area (Å²) in [6.45, 7) is 9.81. The molecular weight excluding hydrogens is 508 g/mol. The van der Waals surface area contributed by atoms with E-state index < -0.39 is 0 Å². The Bertz CT molecular complexity index is 915. The second-order valence-electron chi connectivity index (χ2n) is 12.4. The van der Waals surface area contributed by atoms with Crippen molar-refractivity contribution in [1.82, 2.24) is 20.0 Å². The van der Waals surface area contributed by atoms with E-state index in [9.17, 15) is 19.6 Å². The van der Waals surface area contributed by atoms with Gasteiger partial charge in [-0.25, -0.2) is 0 Å². The lowest BCUT2D eigenvalue weighted by Crippen LogP contribution is -2.63. The summed E-state index contributed by atoms with van der Waals surface area (Å²) in [7, 11) is 4.05. The second-order valence-corrected chi connectivity index (χ2v) is 12.4. The van der Waals surface area contributed by atoms with Crippen LogP contribution in [0, 0.1) is 34.5 Å². The molecule has 2 aliphatic heterocycles. The Morgan fingerprint density at radius 3 is 2.33 bits per heavy atom.